The second kappa shape index (κ2) is 7.70. The fourth-order valence-electron chi connectivity index (χ4n) is 1.49. The van der Waals surface area contributed by atoms with Crippen molar-refractivity contribution in [3.8, 4) is 5.88 Å². The Morgan fingerprint density at radius 3 is 2.76 bits per heavy atom. The molecule has 0 aromatic carbocycles. The van der Waals surface area contributed by atoms with Gasteiger partial charge in [-0.2, -0.15) is 9.97 Å². The van der Waals surface area contributed by atoms with Crippen LogP contribution in [0.5, 0.6) is 5.88 Å². The van der Waals surface area contributed by atoms with Gasteiger partial charge in [0.2, 0.25) is 11.8 Å². The number of nitrogen functional groups attached to an aromatic ring is 1. The Bertz CT molecular complexity index is 330. The highest BCUT2D eigenvalue weighted by atomic mass is 16.5. The van der Waals surface area contributed by atoms with E-state index in [1.807, 2.05) is 6.92 Å². The molecule has 5 heteroatoms. The summed E-state index contributed by atoms with van der Waals surface area (Å²) in [4.78, 5) is 8.10. The monoisotopic (exact) mass is 238 g/mol. The summed E-state index contributed by atoms with van der Waals surface area (Å²) in [5.74, 6) is 1.50. The summed E-state index contributed by atoms with van der Waals surface area (Å²) in [5, 5.41) is 3.09. The van der Waals surface area contributed by atoms with Crippen molar-refractivity contribution in [3.63, 3.8) is 0 Å². The molecule has 1 aromatic heterocycles. The topological polar surface area (TPSA) is 73.1 Å². The number of unbranched alkanes of at least 4 members (excludes halogenated alkanes) is 3. The summed E-state index contributed by atoms with van der Waals surface area (Å²) < 4.78 is 5.55. The van der Waals surface area contributed by atoms with Crippen molar-refractivity contribution in [2.75, 3.05) is 24.2 Å². The lowest BCUT2D eigenvalue weighted by atomic mass is 10.2. The number of aromatic nitrogens is 2. The van der Waals surface area contributed by atoms with E-state index in [0.717, 1.165) is 13.0 Å². The van der Waals surface area contributed by atoms with Gasteiger partial charge in [-0.15, -0.1) is 0 Å². The van der Waals surface area contributed by atoms with Gasteiger partial charge in [-0.1, -0.05) is 26.2 Å². The van der Waals surface area contributed by atoms with Gasteiger partial charge in [0.1, 0.15) is 5.82 Å². The zero-order valence-electron chi connectivity index (χ0n) is 10.7. The van der Waals surface area contributed by atoms with Crippen LogP contribution in [0, 0.1) is 0 Å². The number of nitrogens with two attached hydrogens (primary N) is 1. The van der Waals surface area contributed by atoms with Gasteiger partial charge in [0.15, 0.2) is 0 Å². The third kappa shape index (κ3) is 5.38. The highest BCUT2D eigenvalue weighted by molar-refractivity contribution is 5.42. The van der Waals surface area contributed by atoms with Gasteiger partial charge in [-0.3, -0.25) is 0 Å². The Morgan fingerprint density at radius 1 is 1.24 bits per heavy atom. The number of hydrogen-bond donors (Lipinski definition) is 2. The van der Waals surface area contributed by atoms with Crippen molar-refractivity contribution in [2.24, 2.45) is 0 Å². The quantitative estimate of drug-likeness (QED) is 0.680. The summed E-state index contributed by atoms with van der Waals surface area (Å²) in [6.45, 7) is 5.67. The molecule has 5 nitrogen and oxygen atoms in total. The molecule has 0 fully saturated rings. The average Bonchev–Trinajstić information content (AvgIpc) is 2.28. The summed E-state index contributed by atoms with van der Waals surface area (Å²) in [7, 11) is 0. The van der Waals surface area contributed by atoms with Crippen LogP contribution in [-0.2, 0) is 0 Å². The molecule has 0 atom stereocenters. The molecule has 0 unspecified atom stereocenters. The largest absolute Gasteiger partial charge is 0.477 e. The second-order valence-corrected chi connectivity index (χ2v) is 3.89. The maximum Gasteiger partial charge on any atom is 0.225 e. The molecule has 0 spiro atoms. The van der Waals surface area contributed by atoms with E-state index < -0.39 is 0 Å². The van der Waals surface area contributed by atoms with Gasteiger partial charge in [0.25, 0.3) is 0 Å². The van der Waals surface area contributed by atoms with Crippen LogP contribution in [0.15, 0.2) is 6.07 Å². The van der Waals surface area contributed by atoms with Crippen molar-refractivity contribution < 1.29 is 4.74 Å². The molecule has 0 amide bonds. The van der Waals surface area contributed by atoms with E-state index in [4.69, 9.17) is 10.5 Å². The SMILES string of the molecule is CCCCCCOc1cc(NCC)nc(N)n1. The maximum atomic E-state index is 5.60. The number of rotatable bonds is 8. The lowest BCUT2D eigenvalue weighted by Gasteiger charge is -2.08. The third-order valence-corrected chi connectivity index (χ3v) is 2.33. The number of hydrogen-bond acceptors (Lipinski definition) is 5. The van der Waals surface area contributed by atoms with Crippen molar-refractivity contribution in [2.45, 2.75) is 39.5 Å². The molecule has 1 rings (SSSR count). The van der Waals surface area contributed by atoms with Gasteiger partial charge in [0.05, 0.1) is 6.61 Å². The third-order valence-electron chi connectivity index (χ3n) is 2.33. The predicted octanol–water partition coefficient (Wildman–Crippen LogP) is 2.45. The van der Waals surface area contributed by atoms with E-state index in [-0.39, 0.29) is 5.95 Å². The fourth-order valence-corrected chi connectivity index (χ4v) is 1.49. The predicted molar refractivity (Wildman–Crippen MR) is 70.2 cm³/mol. The van der Waals surface area contributed by atoms with Crippen LogP contribution < -0.4 is 15.8 Å². The summed E-state index contributed by atoms with van der Waals surface area (Å²) in [6.07, 6.45) is 4.72. The lowest BCUT2D eigenvalue weighted by Crippen LogP contribution is -2.06. The molecule has 0 saturated carbocycles. The highest BCUT2D eigenvalue weighted by Crippen LogP contribution is 2.14. The number of nitrogens with zero attached hydrogens (tertiary/aromatic N) is 2. The standard InChI is InChI=1S/C12H22N4O/c1-3-5-6-7-8-17-11-9-10(14-4-2)15-12(13)16-11/h9H,3-8H2,1-2H3,(H3,13,14,15,16). The molecule has 96 valence electrons. The molecule has 1 aromatic rings. The maximum absolute atomic E-state index is 5.60. The first-order valence-corrected chi connectivity index (χ1v) is 6.27. The van der Waals surface area contributed by atoms with Crippen LogP contribution in [0.1, 0.15) is 39.5 Å². The first kappa shape index (κ1) is 13.5. The minimum Gasteiger partial charge on any atom is -0.477 e. The highest BCUT2D eigenvalue weighted by Gasteiger charge is 2.02. The lowest BCUT2D eigenvalue weighted by molar-refractivity contribution is 0.294. The summed E-state index contributed by atoms with van der Waals surface area (Å²) in [6, 6.07) is 1.78. The van der Waals surface area contributed by atoms with E-state index in [1.165, 1.54) is 19.3 Å². The average molecular weight is 238 g/mol. The molecule has 0 saturated heterocycles. The summed E-state index contributed by atoms with van der Waals surface area (Å²) >= 11 is 0. The minimum atomic E-state index is 0.243. The van der Waals surface area contributed by atoms with Gasteiger partial charge in [-0.25, -0.2) is 0 Å². The first-order valence-electron chi connectivity index (χ1n) is 6.27. The molecule has 0 radical (unpaired) electrons. The molecule has 3 N–H and O–H groups in total. The van der Waals surface area contributed by atoms with Gasteiger partial charge in [-0.05, 0) is 13.3 Å². The Morgan fingerprint density at radius 2 is 2.06 bits per heavy atom. The second-order valence-electron chi connectivity index (χ2n) is 3.89. The van der Waals surface area contributed by atoms with Crippen molar-refractivity contribution >= 4 is 11.8 Å². The molecule has 0 aliphatic rings. The van der Waals surface area contributed by atoms with Gasteiger partial charge in [0, 0.05) is 12.6 Å². The van der Waals surface area contributed by atoms with Crippen LogP contribution in [-0.4, -0.2) is 23.1 Å². The van der Waals surface area contributed by atoms with Crippen LogP contribution in [0.2, 0.25) is 0 Å². The van der Waals surface area contributed by atoms with Crippen LogP contribution in [0.3, 0.4) is 0 Å². The molecule has 0 bridgehead atoms. The van der Waals surface area contributed by atoms with E-state index >= 15 is 0 Å². The van der Waals surface area contributed by atoms with E-state index in [1.54, 1.807) is 6.07 Å². The Labute approximate surface area is 103 Å². The Balaban J connectivity index is 2.41. The van der Waals surface area contributed by atoms with Crippen LogP contribution in [0.25, 0.3) is 0 Å². The normalized spacial score (nSPS) is 10.2. The van der Waals surface area contributed by atoms with E-state index in [0.29, 0.717) is 18.3 Å². The van der Waals surface area contributed by atoms with E-state index in [2.05, 4.69) is 22.2 Å². The van der Waals surface area contributed by atoms with E-state index in [9.17, 15) is 0 Å². The molecule has 0 aliphatic carbocycles. The molecular weight excluding hydrogens is 216 g/mol. The summed E-state index contributed by atoms with van der Waals surface area (Å²) in [5.41, 5.74) is 5.60. The van der Waals surface area contributed by atoms with Crippen LogP contribution >= 0.6 is 0 Å². The van der Waals surface area contributed by atoms with Gasteiger partial charge >= 0.3 is 0 Å². The minimum absolute atomic E-state index is 0.243. The smallest absolute Gasteiger partial charge is 0.225 e. The fraction of sp³-hybridized carbons (Fsp3) is 0.667. The van der Waals surface area contributed by atoms with Crippen molar-refractivity contribution in [1.82, 2.24) is 9.97 Å². The number of nitrogens with one attached hydrogen (secondary N) is 1. The molecule has 17 heavy (non-hydrogen) atoms. The zero-order chi connectivity index (χ0) is 12.5. The number of ether oxygens (including phenoxy) is 1. The molecular formula is C12H22N4O. The van der Waals surface area contributed by atoms with Crippen molar-refractivity contribution in [1.29, 1.82) is 0 Å². The van der Waals surface area contributed by atoms with Gasteiger partial charge < -0.3 is 15.8 Å². The Kier molecular flexibility index (Phi) is 6.14. The molecule has 0 aliphatic heterocycles. The molecule has 1 heterocycles. The van der Waals surface area contributed by atoms with Crippen LogP contribution in [0.4, 0.5) is 11.8 Å². The zero-order valence-corrected chi connectivity index (χ0v) is 10.7. The first-order chi connectivity index (χ1) is 8.26. The Hall–Kier alpha value is -1.52. The number of anilines is 2. The van der Waals surface area contributed by atoms with Crippen molar-refractivity contribution in [3.05, 3.63) is 6.07 Å².